The first-order valence-corrected chi connectivity index (χ1v) is 11.3. The van der Waals surface area contributed by atoms with Gasteiger partial charge in [0.2, 0.25) is 12.7 Å². The minimum absolute atomic E-state index is 0.155. The number of rotatable bonds is 12. The number of methoxy groups -OCH3 is 1. The number of hydrogen-bond donors (Lipinski definition) is 1. The van der Waals surface area contributed by atoms with Gasteiger partial charge in [-0.3, -0.25) is 9.59 Å². The Bertz CT molecular complexity index is 1020. The molecule has 2 heterocycles. The van der Waals surface area contributed by atoms with Crippen molar-refractivity contribution in [1.29, 1.82) is 0 Å². The summed E-state index contributed by atoms with van der Waals surface area (Å²) in [7, 11) is 1.50. The van der Waals surface area contributed by atoms with Gasteiger partial charge in [-0.2, -0.15) is 0 Å². The van der Waals surface area contributed by atoms with Gasteiger partial charge in [0, 0.05) is 20.2 Å². The number of hydrogen-bond acceptors (Lipinski definition) is 8. The van der Waals surface area contributed by atoms with Crippen LogP contribution >= 0.6 is 0 Å². The fourth-order valence-electron chi connectivity index (χ4n) is 3.44. The Hall–Kier alpha value is -3.73. The zero-order valence-corrected chi connectivity index (χ0v) is 20.2. The number of nitrogens with zero attached hydrogens (tertiary/aromatic N) is 2. The van der Waals surface area contributed by atoms with Gasteiger partial charge in [0.15, 0.2) is 11.5 Å². The predicted octanol–water partition coefficient (Wildman–Crippen LogP) is 2.07. The number of urea groups is 1. The van der Waals surface area contributed by atoms with Crippen LogP contribution in [0, 0.1) is 6.92 Å². The molecule has 0 bridgehead atoms. The van der Waals surface area contributed by atoms with Crippen molar-refractivity contribution in [1.82, 2.24) is 15.1 Å². The zero-order chi connectivity index (χ0) is 25.2. The van der Waals surface area contributed by atoms with Crippen LogP contribution in [0.3, 0.4) is 0 Å². The van der Waals surface area contributed by atoms with Gasteiger partial charge >= 0.3 is 12.0 Å². The highest BCUT2D eigenvalue weighted by atomic mass is 16.7. The van der Waals surface area contributed by atoms with E-state index < -0.39 is 12.0 Å². The number of ether oxygens (including phenoxy) is 4. The number of benzene rings is 1. The molecule has 1 N–H and O–H groups in total. The van der Waals surface area contributed by atoms with Gasteiger partial charge in [0.05, 0.1) is 19.8 Å². The lowest BCUT2D eigenvalue weighted by molar-refractivity contribution is -0.141. The first kappa shape index (κ1) is 25.9. The highest BCUT2D eigenvalue weighted by Gasteiger charge is 2.24. The van der Waals surface area contributed by atoms with E-state index >= 15 is 0 Å². The Balaban J connectivity index is 1.72. The van der Waals surface area contributed by atoms with Crippen molar-refractivity contribution in [3.05, 3.63) is 47.4 Å². The van der Waals surface area contributed by atoms with Crippen LogP contribution in [-0.4, -0.2) is 74.5 Å². The van der Waals surface area contributed by atoms with Gasteiger partial charge < -0.3 is 38.5 Å². The van der Waals surface area contributed by atoms with Gasteiger partial charge in [-0.05, 0) is 43.7 Å². The van der Waals surface area contributed by atoms with Gasteiger partial charge in [-0.15, -0.1) is 0 Å². The smallest absolute Gasteiger partial charge is 0.325 e. The number of esters is 1. The summed E-state index contributed by atoms with van der Waals surface area (Å²) in [6, 6.07) is 8.54. The van der Waals surface area contributed by atoms with Crippen LogP contribution in [0.1, 0.15) is 24.0 Å². The molecular weight excluding hydrogens is 458 g/mol. The van der Waals surface area contributed by atoms with Crippen LogP contribution in [0.25, 0.3) is 0 Å². The van der Waals surface area contributed by atoms with Crippen molar-refractivity contribution < 1.29 is 37.7 Å². The Kier molecular flexibility index (Phi) is 9.36. The van der Waals surface area contributed by atoms with E-state index in [2.05, 4.69) is 5.32 Å². The van der Waals surface area contributed by atoms with Crippen LogP contribution in [0.5, 0.6) is 11.5 Å². The summed E-state index contributed by atoms with van der Waals surface area (Å²) in [5.74, 6) is 1.75. The third-order valence-electron chi connectivity index (χ3n) is 5.17. The van der Waals surface area contributed by atoms with E-state index in [1.165, 1.54) is 12.0 Å². The third-order valence-corrected chi connectivity index (χ3v) is 5.17. The van der Waals surface area contributed by atoms with Crippen molar-refractivity contribution in [2.24, 2.45) is 0 Å². The topological polar surface area (TPSA) is 120 Å². The number of carbonyl (C=O) groups excluding carboxylic acids is 3. The second kappa shape index (κ2) is 12.7. The highest BCUT2D eigenvalue weighted by molar-refractivity contribution is 5.86. The lowest BCUT2D eigenvalue weighted by atomic mass is 10.2. The number of amides is 3. The summed E-state index contributed by atoms with van der Waals surface area (Å²) < 4.78 is 26.4. The summed E-state index contributed by atoms with van der Waals surface area (Å²) in [5.41, 5.74) is 0.834. The molecule has 35 heavy (non-hydrogen) atoms. The number of carbonyl (C=O) groups is 3. The molecule has 0 radical (unpaired) electrons. The molecule has 0 atom stereocenters. The number of nitrogens with one attached hydrogen (secondary N) is 1. The second-order valence-electron chi connectivity index (χ2n) is 7.83. The highest BCUT2D eigenvalue weighted by Crippen LogP contribution is 2.33. The number of furan rings is 1. The molecule has 0 fully saturated rings. The summed E-state index contributed by atoms with van der Waals surface area (Å²) in [4.78, 5) is 40.6. The van der Waals surface area contributed by atoms with Crippen molar-refractivity contribution in [3.8, 4) is 11.5 Å². The summed E-state index contributed by atoms with van der Waals surface area (Å²) in [6.45, 7) is 4.21. The van der Waals surface area contributed by atoms with Crippen molar-refractivity contribution in [2.75, 3.05) is 46.8 Å². The van der Waals surface area contributed by atoms with E-state index in [-0.39, 0.29) is 58.6 Å². The minimum Gasteiger partial charge on any atom is -0.465 e. The largest absolute Gasteiger partial charge is 0.465 e. The van der Waals surface area contributed by atoms with E-state index in [0.717, 1.165) is 11.3 Å². The van der Waals surface area contributed by atoms with Crippen LogP contribution in [0.4, 0.5) is 4.79 Å². The molecule has 11 nitrogen and oxygen atoms in total. The van der Waals surface area contributed by atoms with Crippen molar-refractivity contribution >= 4 is 17.9 Å². The van der Waals surface area contributed by atoms with E-state index in [9.17, 15) is 14.4 Å². The average Bonchev–Trinajstić information content (AvgIpc) is 3.48. The van der Waals surface area contributed by atoms with Crippen molar-refractivity contribution in [3.63, 3.8) is 0 Å². The SMILES string of the molecule is CCOC(=O)CNC(=O)N(CCOC)CC(=O)N(Cc1ccc2c(c1)OCO2)Cc1ccc(C)o1. The summed E-state index contributed by atoms with van der Waals surface area (Å²) in [5, 5.41) is 2.49. The normalized spacial score (nSPS) is 11.7. The first-order valence-electron chi connectivity index (χ1n) is 11.3. The van der Waals surface area contributed by atoms with Gasteiger partial charge in [0.25, 0.3) is 0 Å². The monoisotopic (exact) mass is 489 g/mol. The Morgan fingerprint density at radius 1 is 1.06 bits per heavy atom. The van der Waals surface area contributed by atoms with Crippen LogP contribution in [-0.2, 0) is 32.2 Å². The first-order chi connectivity index (χ1) is 16.9. The zero-order valence-electron chi connectivity index (χ0n) is 20.2. The van der Waals surface area contributed by atoms with Gasteiger partial charge in [-0.1, -0.05) is 6.07 Å². The summed E-state index contributed by atoms with van der Waals surface area (Å²) in [6.07, 6.45) is 0. The molecule has 1 aromatic heterocycles. The molecule has 11 heteroatoms. The Morgan fingerprint density at radius 3 is 2.57 bits per heavy atom. The molecule has 0 unspecified atom stereocenters. The van der Waals surface area contributed by atoms with E-state index in [1.807, 2.05) is 31.2 Å². The molecule has 1 aromatic carbocycles. The van der Waals surface area contributed by atoms with E-state index in [0.29, 0.717) is 17.3 Å². The molecule has 2 aromatic rings. The Labute approximate surface area is 203 Å². The number of aryl methyl sites for hydroxylation is 1. The van der Waals surface area contributed by atoms with Crippen molar-refractivity contribution in [2.45, 2.75) is 26.9 Å². The maximum Gasteiger partial charge on any atom is 0.325 e. The Morgan fingerprint density at radius 2 is 1.86 bits per heavy atom. The van der Waals surface area contributed by atoms with Crippen LogP contribution in [0.15, 0.2) is 34.7 Å². The molecule has 0 saturated carbocycles. The minimum atomic E-state index is -0.569. The second-order valence-corrected chi connectivity index (χ2v) is 7.83. The molecule has 0 spiro atoms. The molecule has 0 aliphatic carbocycles. The lowest BCUT2D eigenvalue weighted by Crippen LogP contribution is -2.48. The van der Waals surface area contributed by atoms with E-state index in [4.69, 9.17) is 23.4 Å². The molecular formula is C24H31N3O8. The molecule has 190 valence electrons. The van der Waals surface area contributed by atoms with Crippen LogP contribution in [0.2, 0.25) is 0 Å². The predicted molar refractivity (Wildman–Crippen MR) is 124 cm³/mol. The lowest BCUT2D eigenvalue weighted by Gasteiger charge is -2.27. The molecule has 0 saturated heterocycles. The molecule has 1 aliphatic heterocycles. The summed E-state index contributed by atoms with van der Waals surface area (Å²) >= 11 is 0. The number of fused-ring (bicyclic) bond motifs is 1. The third kappa shape index (κ3) is 7.64. The fourth-order valence-corrected chi connectivity index (χ4v) is 3.44. The van der Waals surface area contributed by atoms with E-state index in [1.54, 1.807) is 17.9 Å². The molecule has 3 rings (SSSR count). The molecule has 1 aliphatic rings. The maximum absolute atomic E-state index is 13.4. The maximum atomic E-state index is 13.4. The fraction of sp³-hybridized carbons (Fsp3) is 0.458. The van der Waals surface area contributed by atoms with Gasteiger partial charge in [0.1, 0.15) is 24.6 Å². The quantitative estimate of drug-likeness (QED) is 0.450. The molecule has 3 amide bonds. The average molecular weight is 490 g/mol. The van der Waals surface area contributed by atoms with Gasteiger partial charge in [-0.25, -0.2) is 4.79 Å². The standard InChI is InChI=1S/C24H31N3O8/c1-4-32-23(29)12-25-24(30)26(9-10-31-3)15-22(28)27(14-19-7-5-17(2)35-19)13-18-6-8-20-21(11-18)34-16-33-20/h5-8,11H,4,9-10,12-16H2,1-3H3,(H,25,30). The van der Waals surface area contributed by atoms with Crippen LogP contribution < -0.4 is 14.8 Å².